The lowest BCUT2D eigenvalue weighted by Gasteiger charge is -2.21. The number of carbonyl (C=O) groups excluding carboxylic acids is 2. The molecule has 2 bridgehead atoms. The van der Waals surface area contributed by atoms with Crippen LogP contribution in [0.1, 0.15) is 41.2 Å². The fourth-order valence-corrected chi connectivity index (χ4v) is 4.84. The van der Waals surface area contributed by atoms with Crippen molar-refractivity contribution < 1.29 is 32.6 Å². The Bertz CT molecular complexity index is 1180. The molecule has 2 aromatic rings. The van der Waals surface area contributed by atoms with Crippen LogP contribution in [0.15, 0.2) is 22.5 Å². The molecule has 2 unspecified atom stereocenters. The minimum Gasteiger partial charge on any atom is -0.506 e. The number of fused-ring (bicyclic) bond motifs is 2. The number of alkyl halides is 3. The highest BCUT2D eigenvalue weighted by molar-refractivity contribution is 7.08. The smallest absolute Gasteiger partial charge is 0.433 e. The van der Waals surface area contributed by atoms with Gasteiger partial charge in [-0.25, -0.2) is 9.67 Å². The van der Waals surface area contributed by atoms with Crippen LogP contribution in [0.5, 0.6) is 0 Å². The first-order chi connectivity index (χ1) is 15.6. The standard InChI is InChI=1S/C21H20F3N3O5S/c1-10-26-27(20(31)33-10)6-7-32-9-14-13(4-5-15(25-14)21(22,23)24)19(30)16-17(28)11-2-3-12(8-11)18(16)29/h4-5,11-12,30H,2-3,6-9H2,1H3. The lowest BCUT2D eigenvalue weighted by Crippen LogP contribution is -2.30. The fourth-order valence-electron chi connectivity index (χ4n) is 4.21. The van der Waals surface area contributed by atoms with Gasteiger partial charge in [0, 0.05) is 17.4 Å². The Morgan fingerprint density at radius 3 is 2.45 bits per heavy atom. The highest BCUT2D eigenvalue weighted by atomic mass is 32.1. The Morgan fingerprint density at radius 2 is 1.88 bits per heavy atom. The molecular formula is C21H20F3N3O5S. The molecule has 4 rings (SSSR count). The zero-order valence-electron chi connectivity index (χ0n) is 17.5. The van der Waals surface area contributed by atoms with E-state index in [-0.39, 0.29) is 46.7 Å². The largest absolute Gasteiger partial charge is 0.506 e. The number of aromatic nitrogens is 3. The van der Waals surface area contributed by atoms with Crippen molar-refractivity contribution in [3.63, 3.8) is 0 Å². The summed E-state index contributed by atoms with van der Waals surface area (Å²) in [5.74, 6) is -2.39. The number of aliphatic hydroxyl groups is 1. The average Bonchev–Trinajstić information content (AvgIpc) is 3.33. The van der Waals surface area contributed by atoms with Gasteiger partial charge >= 0.3 is 11.0 Å². The highest BCUT2D eigenvalue weighted by Gasteiger charge is 2.45. The number of aliphatic hydroxyl groups excluding tert-OH is 1. The number of carbonyl (C=O) groups is 2. The molecular weight excluding hydrogens is 463 g/mol. The third-order valence-corrected chi connectivity index (χ3v) is 6.58. The van der Waals surface area contributed by atoms with Crippen LogP contribution in [0.4, 0.5) is 13.2 Å². The van der Waals surface area contributed by atoms with E-state index in [1.807, 2.05) is 0 Å². The number of ether oxygens (including phenoxy) is 1. The molecule has 0 amide bonds. The van der Waals surface area contributed by atoms with Crippen molar-refractivity contribution in [2.24, 2.45) is 11.8 Å². The molecule has 2 heterocycles. The predicted molar refractivity (Wildman–Crippen MR) is 110 cm³/mol. The molecule has 12 heteroatoms. The van der Waals surface area contributed by atoms with Crippen LogP contribution in [0.3, 0.4) is 0 Å². The Morgan fingerprint density at radius 1 is 1.21 bits per heavy atom. The Hall–Kier alpha value is -2.86. The second-order valence-electron chi connectivity index (χ2n) is 8.01. The van der Waals surface area contributed by atoms with E-state index in [9.17, 15) is 32.7 Å². The molecule has 0 aromatic carbocycles. The van der Waals surface area contributed by atoms with Gasteiger partial charge in [0.05, 0.1) is 25.5 Å². The quantitative estimate of drug-likeness (QED) is 0.291. The lowest BCUT2D eigenvalue weighted by molar-refractivity contribution is -0.141. The van der Waals surface area contributed by atoms with Crippen molar-refractivity contribution in [1.29, 1.82) is 0 Å². The Labute approximate surface area is 189 Å². The summed E-state index contributed by atoms with van der Waals surface area (Å²) < 4.78 is 46.2. The molecule has 2 aliphatic carbocycles. The third-order valence-electron chi connectivity index (χ3n) is 5.82. The number of hydrogen-bond acceptors (Lipinski definition) is 8. The molecule has 2 aromatic heterocycles. The first kappa shape index (κ1) is 23.3. The molecule has 0 radical (unpaired) electrons. The highest BCUT2D eigenvalue weighted by Crippen LogP contribution is 2.42. The van der Waals surface area contributed by atoms with Crippen molar-refractivity contribution in [1.82, 2.24) is 14.8 Å². The molecule has 0 aliphatic heterocycles. The zero-order chi connectivity index (χ0) is 23.9. The molecule has 8 nitrogen and oxygen atoms in total. The summed E-state index contributed by atoms with van der Waals surface area (Å²) in [6.07, 6.45) is -3.21. The molecule has 1 N–H and O–H groups in total. The predicted octanol–water partition coefficient (Wildman–Crippen LogP) is 3.08. The van der Waals surface area contributed by atoms with E-state index >= 15 is 0 Å². The molecule has 2 aliphatic rings. The van der Waals surface area contributed by atoms with Gasteiger partial charge in [-0.1, -0.05) is 11.3 Å². The summed E-state index contributed by atoms with van der Waals surface area (Å²) in [4.78, 5) is 40.4. The van der Waals surface area contributed by atoms with E-state index < -0.39 is 35.8 Å². The molecule has 176 valence electrons. The van der Waals surface area contributed by atoms with Crippen molar-refractivity contribution in [3.8, 4) is 0 Å². The zero-order valence-corrected chi connectivity index (χ0v) is 18.3. The number of rotatable bonds is 6. The van der Waals surface area contributed by atoms with Crippen LogP contribution in [-0.4, -0.2) is 38.0 Å². The molecule has 2 atom stereocenters. The van der Waals surface area contributed by atoms with Gasteiger partial charge in [-0.3, -0.25) is 14.4 Å². The average molecular weight is 483 g/mol. The first-order valence-corrected chi connectivity index (χ1v) is 11.1. The molecule has 33 heavy (non-hydrogen) atoms. The number of hydrogen-bond donors (Lipinski definition) is 1. The van der Waals surface area contributed by atoms with Crippen LogP contribution < -0.4 is 4.87 Å². The summed E-state index contributed by atoms with van der Waals surface area (Å²) in [7, 11) is 0. The van der Waals surface area contributed by atoms with Gasteiger partial charge in [0.15, 0.2) is 11.6 Å². The van der Waals surface area contributed by atoms with Gasteiger partial charge in [0.25, 0.3) is 0 Å². The van der Waals surface area contributed by atoms with Gasteiger partial charge in [-0.05, 0) is 38.3 Å². The SMILES string of the molecule is Cc1nn(CCOCc2nc(C(F)(F)F)ccc2C(O)=C2C(=O)C3CCC(C3)C2=O)c(=O)s1. The number of ketones is 2. The van der Waals surface area contributed by atoms with Gasteiger partial charge in [0.1, 0.15) is 22.0 Å². The van der Waals surface area contributed by atoms with E-state index in [2.05, 4.69) is 10.1 Å². The van der Waals surface area contributed by atoms with Crippen molar-refractivity contribution in [3.05, 3.63) is 49.3 Å². The van der Waals surface area contributed by atoms with Crippen molar-refractivity contribution >= 4 is 28.7 Å². The minimum absolute atomic E-state index is 0.0558. The number of nitrogens with zero attached hydrogens (tertiary/aromatic N) is 3. The van der Waals surface area contributed by atoms with Crippen LogP contribution in [0.25, 0.3) is 5.76 Å². The van der Waals surface area contributed by atoms with Crippen molar-refractivity contribution in [2.45, 2.75) is 45.5 Å². The fraction of sp³-hybridized carbons (Fsp3) is 0.476. The number of Topliss-reactive ketones (excluding diaryl/α,β-unsaturated/α-hetero) is 2. The summed E-state index contributed by atoms with van der Waals surface area (Å²) >= 11 is 0.957. The number of pyridine rings is 1. The van der Waals surface area contributed by atoms with E-state index in [1.165, 1.54) is 4.68 Å². The molecule has 0 spiro atoms. The summed E-state index contributed by atoms with van der Waals surface area (Å²) in [5, 5.41) is 15.4. The van der Waals surface area contributed by atoms with Crippen LogP contribution in [0, 0.1) is 18.8 Å². The van der Waals surface area contributed by atoms with Crippen molar-refractivity contribution in [2.75, 3.05) is 6.61 Å². The molecule has 2 fully saturated rings. The lowest BCUT2D eigenvalue weighted by atomic mass is 9.81. The van der Waals surface area contributed by atoms with Crippen LogP contribution in [0.2, 0.25) is 0 Å². The van der Waals surface area contributed by atoms with Gasteiger partial charge in [0.2, 0.25) is 0 Å². The number of allylic oxidation sites excluding steroid dienone is 1. The van der Waals surface area contributed by atoms with Crippen LogP contribution in [-0.2, 0) is 33.7 Å². The summed E-state index contributed by atoms with van der Waals surface area (Å²) in [6.45, 7) is 1.24. The Kier molecular flexibility index (Phi) is 6.23. The topological polar surface area (TPSA) is 111 Å². The summed E-state index contributed by atoms with van der Waals surface area (Å²) in [5.41, 5.74) is -2.01. The first-order valence-electron chi connectivity index (χ1n) is 10.3. The normalized spacial score (nSPS) is 20.5. The maximum atomic E-state index is 13.2. The maximum Gasteiger partial charge on any atom is 0.433 e. The van der Waals surface area contributed by atoms with Crippen LogP contribution >= 0.6 is 11.3 Å². The number of aryl methyl sites for hydroxylation is 1. The monoisotopic (exact) mass is 483 g/mol. The van der Waals surface area contributed by atoms with E-state index in [0.717, 1.165) is 17.4 Å². The Balaban J connectivity index is 1.62. The maximum absolute atomic E-state index is 13.2. The third kappa shape index (κ3) is 4.62. The van der Waals surface area contributed by atoms with Gasteiger partial charge < -0.3 is 9.84 Å². The van der Waals surface area contributed by atoms with E-state index in [0.29, 0.717) is 30.3 Å². The number of halogens is 3. The summed E-state index contributed by atoms with van der Waals surface area (Å²) in [6, 6.07) is 1.67. The van der Waals surface area contributed by atoms with E-state index in [4.69, 9.17) is 4.74 Å². The second kappa shape index (κ2) is 8.82. The minimum atomic E-state index is -4.74. The van der Waals surface area contributed by atoms with E-state index in [1.54, 1.807) is 6.92 Å². The second-order valence-corrected chi connectivity index (χ2v) is 9.15. The molecule has 2 saturated carbocycles. The van der Waals surface area contributed by atoms with Gasteiger partial charge in [-0.2, -0.15) is 18.3 Å². The van der Waals surface area contributed by atoms with Gasteiger partial charge in [-0.15, -0.1) is 0 Å². The molecule has 0 saturated heterocycles.